The normalized spacial score (nSPS) is 10.2. The number of carbonyl (C=O) groups excluding carboxylic acids is 1. The maximum atomic E-state index is 13.1. The van der Waals surface area contributed by atoms with E-state index >= 15 is 0 Å². The molecular formula is C11H6BrFN2O4. The van der Waals surface area contributed by atoms with Crippen molar-refractivity contribution in [3.63, 3.8) is 0 Å². The lowest BCUT2D eigenvalue weighted by molar-refractivity contribution is -0.384. The van der Waals surface area contributed by atoms with Crippen molar-refractivity contribution in [2.45, 2.75) is 0 Å². The Bertz CT molecular complexity index is 656. The number of nitrogens with zero attached hydrogens (tertiary/aromatic N) is 1. The molecule has 0 fully saturated rings. The van der Waals surface area contributed by atoms with Crippen LogP contribution in [0.2, 0.25) is 0 Å². The minimum Gasteiger partial charge on any atom is -0.444 e. The number of anilines is 1. The van der Waals surface area contributed by atoms with E-state index in [9.17, 15) is 19.3 Å². The van der Waals surface area contributed by atoms with Crippen molar-refractivity contribution in [2.24, 2.45) is 0 Å². The third-order valence-corrected chi connectivity index (χ3v) is 2.63. The van der Waals surface area contributed by atoms with E-state index < -0.39 is 22.3 Å². The number of rotatable bonds is 3. The van der Waals surface area contributed by atoms with Gasteiger partial charge in [-0.3, -0.25) is 14.9 Å². The molecule has 0 spiro atoms. The quantitative estimate of drug-likeness (QED) is 0.691. The third-order valence-electron chi connectivity index (χ3n) is 2.20. The van der Waals surface area contributed by atoms with Crippen molar-refractivity contribution in [1.29, 1.82) is 0 Å². The summed E-state index contributed by atoms with van der Waals surface area (Å²) in [6, 6.07) is 5.66. The largest absolute Gasteiger partial charge is 0.444 e. The number of hydrogen-bond donors (Lipinski definition) is 1. The van der Waals surface area contributed by atoms with Crippen LogP contribution in [0.3, 0.4) is 0 Å². The zero-order valence-corrected chi connectivity index (χ0v) is 10.8. The highest BCUT2D eigenvalue weighted by Gasteiger charge is 2.19. The van der Waals surface area contributed by atoms with E-state index in [0.29, 0.717) is 4.67 Å². The van der Waals surface area contributed by atoms with Crippen LogP contribution in [0.5, 0.6) is 0 Å². The van der Waals surface area contributed by atoms with Gasteiger partial charge in [0.15, 0.2) is 10.4 Å². The topological polar surface area (TPSA) is 85.4 Å². The molecule has 1 aromatic carbocycles. The van der Waals surface area contributed by atoms with Crippen molar-refractivity contribution in [2.75, 3.05) is 5.32 Å². The monoisotopic (exact) mass is 328 g/mol. The Balaban J connectivity index is 2.30. The Labute approximate surface area is 114 Å². The lowest BCUT2D eigenvalue weighted by Crippen LogP contribution is -2.12. The van der Waals surface area contributed by atoms with Gasteiger partial charge in [-0.15, -0.1) is 0 Å². The third kappa shape index (κ3) is 2.97. The van der Waals surface area contributed by atoms with Crippen LogP contribution < -0.4 is 5.32 Å². The molecule has 2 aromatic rings. The highest BCUT2D eigenvalue weighted by molar-refractivity contribution is 9.10. The average Bonchev–Trinajstić information content (AvgIpc) is 2.75. The van der Waals surface area contributed by atoms with Gasteiger partial charge in [0.2, 0.25) is 0 Å². The summed E-state index contributed by atoms with van der Waals surface area (Å²) in [4.78, 5) is 21.8. The number of nitro benzene ring substituents is 1. The van der Waals surface area contributed by atoms with Crippen LogP contribution in [0.4, 0.5) is 15.8 Å². The Morgan fingerprint density at radius 2 is 2.11 bits per heavy atom. The molecule has 0 bridgehead atoms. The molecule has 0 radical (unpaired) electrons. The first kappa shape index (κ1) is 13.2. The predicted octanol–water partition coefficient (Wildman–Crippen LogP) is 3.34. The van der Waals surface area contributed by atoms with Gasteiger partial charge in [-0.2, -0.15) is 0 Å². The fourth-order valence-corrected chi connectivity index (χ4v) is 1.69. The molecule has 0 aliphatic heterocycles. The van der Waals surface area contributed by atoms with Crippen molar-refractivity contribution < 1.29 is 18.5 Å². The van der Waals surface area contributed by atoms with Gasteiger partial charge in [0, 0.05) is 12.1 Å². The van der Waals surface area contributed by atoms with Gasteiger partial charge >= 0.3 is 0 Å². The summed E-state index contributed by atoms with van der Waals surface area (Å²) in [6.07, 6.45) is 0. The van der Waals surface area contributed by atoms with Crippen LogP contribution in [-0.2, 0) is 0 Å². The Hall–Kier alpha value is -2.22. The van der Waals surface area contributed by atoms with E-state index in [2.05, 4.69) is 21.2 Å². The summed E-state index contributed by atoms with van der Waals surface area (Å²) >= 11 is 3.02. The van der Waals surface area contributed by atoms with E-state index in [0.717, 1.165) is 18.2 Å². The van der Waals surface area contributed by atoms with Crippen molar-refractivity contribution in [3.8, 4) is 0 Å². The zero-order valence-electron chi connectivity index (χ0n) is 9.22. The summed E-state index contributed by atoms with van der Waals surface area (Å²) in [5.74, 6) is -1.45. The van der Waals surface area contributed by atoms with Crippen molar-refractivity contribution in [1.82, 2.24) is 0 Å². The maximum absolute atomic E-state index is 13.1. The number of nitrogens with one attached hydrogen (secondary N) is 1. The van der Waals surface area contributed by atoms with E-state index in [1.165, 1.54) is 12.1 Å². The number of nitro groups is 1. The summed E-state index contributed by atoms with van der Waals surface area (Å²) in [5.41, 5.74) is -0.636. The number of benzene rings is 1. The van der Waals surface area contributed by atoms with Gasteiger partial charge in [-0.1, -0.05) is 0 Å². The Morgan fingerprint density at radius 3 is 2.68 bits per heavy atom. The minimum atomic E-state index is -0.715. The Morgan fingerprint density at radius 1 is 1.37 bits per heavy atom. The van der Waals surface area contributed by atoms with Gasteiger partial charge < -0.3 is 9.73 Å². The van der Waals surface area contributed by atoms with Crippen LogP contribution in [0.1, 0.15) is 10.6 Å². The number of halogens is 2. The molecule has 0 unspecified atom stereocenters. The predicted molar refractivity (Wildman–Crippen MR) is 67.4 cm³/mol. The van der Waals surface area contributed by atoms with E-state index in [1.807, 2.05) is 0 Å². The van der Waals surface area contributed by atoms with E-state index in [-0.39, 0.29) is 11.4 Å². The van der Waals surface area contributed by atoms with Crippen molar-refractivity contribution >= 4 is 33.2 Å². The second-order valence-electron chi connectivity index (χ2n) is 3.48. The molecule has 0 aliphatic carbocycles. The van der Waals surface area contributed by atoms with Gasteiger partial charge in [0.05, 0.1) is 4.92 Å². The standard InChI is InChI=1S/C11H6BrFN2O4/c12-10-4-3-9(19-10)11(16)14-7-5-6(13)1-2-8(7)15(17)18/h1-5H,(H,14,16). The SMILES string of the molecule is O=C(Nc1cc(F)ccc1[N+](=O)[O-])c1ccc(Br)o1. The molecule has 0 atom stereocenters. The molecule has 8 heteroatoms. The highest BCUT2D eigenvalue weighted by Crippen LogP contribution is 2.26. The molecular weight excluding hydrogens is 323 g/mol. The first-order valence-corrected chi connectivity index (χ1v) is 5.77. The van der Waals surface area contributed by atoms with Crippen LogP contribution in [0, 0.1) is 15.9 Å². The first-order valence-electron chi connectivity index (χ1n) is 4.98. The molecule has 1 heterocycles. The number of hydrogen-bond acceptors (Lipinski definition) is 4. The second-order valence-corrected chi connectivity index (χ2v) is 4.26. The van der Waals surface area contributed by atoms with Crippen LogP contribution in [-0.4, -0.2) is 10.8 Å². The van der Waals surface area contributed by atoms with Crippen LogP contribution >= 0.6 is 15.9 Å². The zero-order chi connectivity index (χ0) is 14.0. The molecule has 1 amide bonds. The van der Waals surface area contributed by atoms with Gasteiger partial charge in [0.25, 0.3) is 11.6 Å². The molecule has 1 N–H and O–H groups in total. The average molecular weight is 329 g/mol. The lowest BCUT2D eigenvalue weighted by atomic mass is 10.2. The van der Waals surface area contributed by atoms with E-state index in [4.69, 9.17) is 4.42 Å². The van der Waals surface area contributed by atoms with Gasteiger partial charge in [-0.05, 0) is 34.1 Å². The lowest BCUT2D eigenvalue weighted by Gasteiger charge is -2.04. The maximum Gasteiger partial charge on any atom is 0.292 e. The summed E-state index contributed by atoms with van der Waals surface area (Å²) in [7, 11) is 0. The van der Waals surface area contributed by atoms with E-state index in [1.54, 1.807) is 0 Å². The fraction of sp³-hybridized carbons (Fsp3) is 0. The van der Waals surface area contributed by atoms with Crippen molar-refractivity contribution in [3.05, 3.63) is 56.7 Å². The summed E-state index contributed by atoms with van der Waals surface area (Å²) in [5, 5.41) is 13.0. The molecule has 6 nitrogen and oxygen atoms in total. The van der Waals surface area contributed by atoms with Crippen LogP contribution in [0.15, 0.2) is 39.4 Å². The first-order chi connectivity index (χ1) is 8.97. The molecule has 19 heavy (non-hydrogen) atoms. The highest BCUT2D eigenvalue weighted by atomic mass is 79.9. The molecule has 98 valence electrons. The smallest absolute Gasteiger partial charge is 0.292 e. The molecule has 1 aromatic heterocycles. The second kappa shape index (κ2) is 5.19. The van der Waals surface area contributed by atoms with Gasteiger partial charge in [0.1, 0.15) is 11.5 Å². The molecule has 2 rings (SSSR count). The summed E-state index contributed by atoms with van der Waals surface area (Å²) < 4.78 is 18.4. The fourth-order valence-electron chi connectivity index (χ4n) is 1.39. The molecule has 0 saturated carbocycles. The number of furan rings is 1. The number of carbonyl (C=O) groups is 1. The summed E-state index contributed by atoms with van der Waals surface area (Å²) in [6.45, 7) is 0. The Kier molecular flexibility index (Phi) is 3.61. The minimum absolute atomic E-state index is 0.0505. The van der Waals surface area contributed by atoms with Crippen LogP contribution in [0.25, 0.3) is 0 Å². The molecule has 0 saturated heterocycles. The molecule has 0 aliphatic rings. The van der Waals surface area contributed by atoms with Gasteiger partial charge in [-0.25, -0.2) is 4.39 Å². The number of amides is 1.